The lowest BCUT2D eigenvalue weighted by atomic mass is 9.79. The fourth-order valence-electron chi connectivity index (χ4n) is 4.56. The Labute approximate surface area is 156 Å². The van der Waals surface area contributed by atoms with Crippen molar-refractivity contribution in [2.75, 3.05) is 33.7 Å². The van der Waals surface area contributed by atoms with Crippen molar-refractivity contribution >= 4 is 17.2 Å². The van der Waals surface area contributed by atoms with Gasteiger partial charge in [0.25, 0.3) is 0 Å². The van der Waals surface area contributed by atoms with Crippen molar-refractivity contribution < 1.29 is 4.79 Å². The molecule has 2 fully saturated rings. The maximum absolute atomic E-state index is 13.3. The van der Waals surface area contributed by atoms with E-state index < -0.39 is 0 Å². The minimum absolute atomic E-state index is 0.240. The maximum Gasteiger partial charge on any atom is 0.240 e. The molecule has 1 aromatic heterocycles. The predicted molar refractivity (Wildman–Crippen MR) is 105 cm³/mol. The Balaban J connectivity index is 1.71. The topological polar surface area (TPSA) is 35.6 Å². The van der Waals surface area contributed by atoms with E-state index in [-0.39, 0.29) is 17.5 Å². The summed E-state index contributed by atoms with van der Waals surface area (Å²) in [7, 11) is 4.21. The molecule has 0 radical (unpaired) electrons. The number of aryl methyl sites for hydroxylation is 1. The average Bonchev–Trinajstić information content (AvgIpc) is 3.28. The van der Waals surface area contributed by atoms with Gasteiger partial charge in [-0.15, -0.1) is 11.3 Å². The first-order chi connectivity index (χ1) is 12.0. The number of thiophene rings is 1. The highest BCUT2D eigenvalue weighted by atomic mass is 32.1. The van der Waals surface area contributed by atoms with Crippen LogP contribution in [0.15, 0.2) is 11.4 Å². The molecule has 0 bridgehead atoms. The van der Waals surface area contributed by atoms with Crippen LogP contribution in [0.1, 0.15) is 61.4 Å². The van der Waals surface area contributed by atoms with E-state index in [0.717, 1.165) is 25.9 Å². The van der Waals surface area contributed by atoms with Crippen molar-refractivity contribution in [1.82, 2.24) is 15.1 Å². The summed E-state index contributed by atoms with van der Waals surface area (Å²) in [5.74, 6) is 0.273. The summed E-state index contributed by atoms with van der Waals surface area (Å²) in [6, 6.07) is 2.42. The summed E-state index contributed by atoms with van der Waals surface area (Å²) < 4.78 is 0. The molecule has 1 aliphatic carbocycles. The summed E-state index contributed by atoms with van der Waals surface area (Å²) in [6.07, 6.45) is 8.19. The van der Waals surface area contributed by atoms with E-state index in [4.69, 9.17) is 0 Å². The van der Waals surface area contributed by atoms with Crippen LogP contribution in [0.3, 0.4) is 0 Å². The highest BCUT2D eigenvalue weighted by Gasteiger charge is 2.45. The molecule has 4 nitrogen and oxygen atoms in total. The monoisotopic (exact) mass is 363 g/mol. The molecule has 1 saturated carbocycles. The van der Waals surface area contributed by atoms with E-state index in [1.54, 1.807) is 11.3 Å². The van der Waals surface area contributed by atoms with Gasteiger partial charge in [-0.1, -0.05) is 19.3 Å². The van der Waals surface area contributed by atoms with Gasteiger partial charge in [-0.05, 0) is 76.8 Å². The second-order valence-electron chi connectivity index (χ2n) is 7.94. The summed E-state index contributed by atoms with van der Waals surface area (Å²) >= 11 is 1.79. The molecule has 5 heteroatoms. The van der Waals surface area contributed by atoms with Crippen molar-refractivity contribution in [3.05, 3.63) is 21.9 Å². The van der Waals surface area contributed by atoms with Gasteiger partial charge in [0.1, 0.15) is 5.54 Å². The van der Waals surface area contributed by atoms with Crippen LogP contribution < -0.4 is 5.32 Å². The number of hydrogen-bond acceptors (Lipinski definition) is 4. The van der Waals surface area contributed by atoms with E-state index in [9.17, 15) is 4.79 Å². The number of hydrogen-bond donors (Lipinski definition) is 1. The highest BCUT2D eigenvalue weighted by Crippen LogP contribution is 2.36. The van der Waals surface area contributed by atoms with Gasteiger partial charge in [-0.3, -0.25) is 9.69 Å². The molecule has 1 unspecified atom stereocenters. The van der Waals surface area contributed by atoms with Gasteiger partial charge in [-0.25, -0.2) is 0 Å². The van der Waals surface area contributed by atoms with Crippen molar-refractivity contribution in [2.24, 2.45) is 0 Å². The number of likely N-dealkylation sites (tertiary alicyclic amines) is 1. The first kappa shape index (κ1) is 18.9. The first-order valence-corrected chi connectivity index (χ1v) is 10.7. The number of rotatable bonds is 6. The van der Waals surface area contributed by atoms with Gasteiger partial charge < -0.3 is 10.2 Å². The molecule has 0 aromatic carbocycles. The molecule has 2 aliphatic rings. The third-order valence-electron chi connectivity index (χ3n) is 6.10. The fraction of sp³-hybridized carbons (Fsp3) is 0.750. The second-order valence-corrected chi connectivity index (χ2v) is 8.89. The van der Waals surface area contributed by atoms with Crippen LogP contribution in [-0.2, 0) is 4.79 Å². The molecule has 1 atom stereocenters. The molecule has 0 spiro atoms. The van der Waals surface area contributed by atoms with Crippen molar-refractivity contribution in [3.8, 4) is 0 Å². The molecule has 25 heavy (non-hydrogen) atoms. The smallest absolute Gasteiger partial charge is 0.240 e. The standard InChI is InChI=1S/C20H33N3OS/c1-16-9-14-25-18(16)17(22(2)3)15-21-19(24)20(10-5-4-6-11-20)23-12-7-8-13-23/h9,14,17H,4-8,10-13,15H2,1-3H3,(H,21,24). The minimum atomic E-state index is -0.240. The summed E-state index contributed by atoms with van der Waals surface area (Å²) in [6.45, 7) is 5.04. The van der Waals surface area contributed by atoms with Crippen LogP contribution in [-0.4, -0.2) is 55.0 Å². The molecule has 1 N–H and O–H groups in total. The lowest BCUT2D eigenvalue weighted by Gasteiger charge is -2.43. The number of likely N-dealkylation sites (N-methyl/N-ethyl adjacent to an activating group) is 1. The van der Waals surface area contributed by atoms with E-state index >= 15 is 0 Å². The Morgan fingerprint density at radius 2 is 1.92 bits per heavy atom. The Hall–Kier alpha value is -0.910. The molecular weight excluding hydrogens is 330 g/mol. The van der Waals surface area contributed by atoms with Gasteiger partial charge in [0.2, 0.25) is 5.91 Å². The molecule has 3 rings (SSSR count). The van der Waals surface area contributed by atoms with Crippen molar-refractivity contribution in [1.29, 1.82) is 0 Å². The van der Waals surface area contributed by atoms with Crippen LogP contribution in [0.2, 0.25) is 0 Å². The predicted octanol–water partition coefficient (Wildman–Crippen LogP) is 3.57. The van der Waals surface area contributed by atoms with Crippen molar-refractivity contribution in [2.45, 2.75) is 63.5 Å². The summed E-state index contributed by atoms with van der Waals surface area (Å²) in [4.78, 5) is 19.4. The van der Waals surface area contributed by atoms with Gasteiger partial charge in [0.15, 0.2) is 0 Å². The van der Waals surface area contributed by atoms with Crippen LogP contribution in [0.25, 0.3) is 0 Å². The van der Waals surface area contributed by atoms with E-state index in [1.807, 2.05) is 0 Å². The molecule has 1 aromatic rings. The molecule has 1 amide bonds. The Morgan fingerprint density at radius 3 is 2.48 bits per heavy atom. The zero-order valence-corrected chi connectivity index (χ0v) is 16.8. The first-order valence-electron chi connectivity index (χ1n) is 9.78. The number of carbonyl (C=O) groups excluding carboxylic acids is 1. The van der Waals surface area contributed by atoms with Gasteiger partial charge in [-0.2, -0.15) is 0 Å². The summed E-state index contributed by atoms with van der Waals surface area (Å²) in [5.41, 5.74) is 1.08. The van der Waals surface area contributed by atoms with Crippen LogP contribution in [0.5, 0.6) is 0 Å². The highest BCUT2D eigenvalue weighted by molar-refractivity contribution is 7.10. The molecule has 1 saturated heterocycles. The SMILES string of the molecule is Cc1ccsc1C(CNC(=O)C1(N2CCCC2)CCCCC1)N(C)C. The molecule has 2 heterocycles. The van der Waals surface area contributed by atoms with Crippen LogP contribution in [0.4, 0.5) is 0 Å². The van der Waals surface area contributed by atoms with Crippen LogP contribution in [0, 0.1) is 6.92 Å². The van der Waals surface area contributed by atoms with Crippen molar-refractivity contribution in [3.63, 3.8) is 0 Å². The number of amides is 1. The van der Waals surface area contributed by atoms with E-state index in [2.05, 4.69) is 47.6 Å². The lowest BCUT2D eigenvalue weighted by molar-refractivity contribution is -0.135. The zero-order chi connectivity index (χ0) is 17.9. The molecule has 140 valence electrons. The largest absolute Gasteiger partial charge is 0.353 e. The quantitative estimate of drug-likeness (QED) is 0.839. The maximum atomic E-state index is 13.3. The fourth-order valence-corrected chi connectivity index (χ4v) is 5.68. The van der Waals surface area contributed by atoms with Crippen LogP contribution >= 0.6 is 11.3 Å². The molecule has 1 aliphatic heterocycles. The summed E-state index contributed by atoms with van der Waals surface area (Å²) in [5, 5.41) is 5.50. The lowest BCUT2D eigenvalue weighted by Crippen LogP contribution is -2.59. The third kappa shape index (κ3) is 3.93. The Morgan fingerprint density at radius 1 is 1.24 bits per heavy atom. The normalized spacial score (nSPS) is 22.2. The third-order valence-corrected chi connectivity index (χ3v) is 7.22. The van der Waals surface area contributed by atoms with E-state index in [0.29, 0.717) is 6.54 Å². The number of nitrogens with one attached hydrogen (secondary N) is 1. The van der Waals surface area contributed by atoms with Gasteiger partial charge in [0, 0.05) is 11.4 Å². The molecular formula is C20H33N3OS. The minimum Gasteiger partial charge on any atom is -0.353 e. The zero-order valence-electron chi connectivity index (χ0n) is 16.0. The average molecular weight is 364 g/mol. The van der Waals surface area contributed by atoms with Gasteiger partial charge >= 0.3 is 0 Å². The van der Waals surface area contributed by atoms with E-state index in [1.165, 1.54) is 42.5 Å². The number of carbonyl (C=O) groups is 1. The number of nitrogens with zero attached hydrogens (tertiary/aromatic N) is 2. The Kier molecular flexibility index (Phi) is 6.18. The second kappa shape index (κ2) is 8.19. The van der Waals surface area contributed by atoms with Gasteiger partial charge in [0.05, 0.1) is 6.04 Å². The Bertz CT molecular complexity index is 571.